The number of aromatic nitrogens is 3. The Morgan fingerprint density at radius 2 is 1.94 bits per heavy atom. The Bertz CT molecular complexity index is 1120. The Morgan fingerprint density at radius 3 is 2.57 bits per heavy atom. The first-order valence-corrected chi connectivity index (χ1v) is 11.7. The summed E-state index contributed by atoms with van der Waals surface area (Å²) in [6.45, 7) is 2.52. The lowest BCUT2D eigenvalue weighted by Gasteiger charge is -2.25. The molecule has 0 spiro atoms. The third-order valence-corrected chi connectivity index (χ3v) is 5.67. The van der Waals surface area contributed by atoms with Gasteiger partial charge in [-0.1, -0.05) is 35.9 Å². The summed E-state index contributed by atoms with van der Waals surface area (Å²) in [5, 5.41) is 13.4. The zero-order valence-electron chi connectivity index (χ0n) is 19.9. The molecule has 0 fully saturated rings. The van der Waals surface area contributed by atoms with Gasteiger partial charge in [-0.3, -0.25) is 9.59 Å². The number of halogens is 2. The van der Waals surface area contributed by atoms with Crippen LogP contribution in [0.15, 0.2) is 48.7 Å². The fourth-order valence-corrected chi connectivity index (χ4v) is 4.05. The first-order valence-electron chi connectivity index (χ1n) is 11.3. The summed E-state index contributed by atoms with van der Waals surface area (Å²) in [4.78, 5) is 27.2. The summed E-state index contributed by atoms with van der Waals surface area (Å²) in [6.07, 6.45) is 2.15. The van der Waals surface area contributed by atoms with Crippen LogP contribution in [0, 0.1) is 11.7 Å². The number of carbonyl (C=O) groups excluding carboxylic acids is 2. The van der Waals surface area contributed by atoms with Crippen LogP contribution < -0.4 is 5.32 Å². The molecule has 35 heavy (non-hydrogen) atoms. The van der Waals surface area contributed by atoms with E-state index in [1.54, 1.807) is 13.0 Å². The lowest BCUT2D eigenvalue weighted by atomic mass is 9.93. The number of carbonyl (C=O) groups is 2. The average molecular weight is 502 g/mol. The van der Waals surface area contributed by atoms with Gasteiger partial charge in [0.25, 0.3) is 5.91 Å². The highest BCUT2D eigenvalue weighted by atomic mass is 35.5. The normalized spacial score (nSPS) is 12.9. The summed E-state index contributed by atoms with van der Waals surface area (Å²) in [5.41, 5.74) is 2.17. The van der Waals surface area contributed by atoms with Gasteiger partial charge in [0.05, 0.1) is 18.7 Å². The number of amides is 1. The fourth-order valence-electron chi connectivity index (χ4n) is 3.88. The lowest BCUT2D eigenvalue weighted by Crippen LogP contribution is -2.41. The van der Waals surface area contributed by atoms with Crippen molar-refractivity contribution >= 4 is 23.5 Å². The molecule has 3 rings (SSSR count). The van der Waals surface area contributed by atoms with E-state index in [0.717, 1.165) is 5.56 Å². The van der Waals surface area contributed by atoms with Crippen LogP contribution in [-0.4, -0.2) is 65.5 Å². The van der Waals surface area contributed by atoms with Gasteiger partial charge in [-0.25, -0.2) is 4.39 Å². The first-order chi connectivity index (χ1) is 16.8. The predicted molar refractivity (Wildman–Crippen MR) is 131 cm³/mol. The van der Waals surface area contributed by atoms with Gasteiger partial charge < -0.3 is 15.0 Å². The second-order valence-electron chi connectivity index (χ2n) is 8.50. The van der Waals surface area contributed by atoms with Gasteiger partial charge in [-0.05, 0) is 63.2 Å². The summed E-state index contributed by atoms with van der Waals surface area (Å²) >= 11 is 6.03. The van der Waals surface area contributed by atoms with Gasteiger partial charge >= 0.3 is 5.97 Å². The van der Waals surface area contributed by atoms with Crippen molar-refractivity contribution in [3.63, 3.8) is 0 Å². The molecule has 186 valence electrons. The maximum absolute atomic E-state index is 14.3. The molecule has 1 aromatic heterocycles. The summed E-state index contributed by atoms with van der Waals surface area (Å²) < 4.78 is 19.5. The minimum Gasteiger partial charge on any atom is -0.466 e. The molecule has 10 heteroatoms. The number of nitrogens with one attached hydrogen (secondary N) is 2. The molecule has 2 N–H and O–H groups in total. The van der Waals surface area contributed by atoms with Crippen molar-refractivity contribution < 1.29 is 18.7 Å². The number of hydrogen-bond acceptors (Lipinski definition) is 6. The van der Waals surface area contributed by atoms with Gasteiger partial charge in [-0.2, -0.15) is 15.4 Å². The van der Waals surface area contributed by atoms with E-state index in [2.05, 4.69) is 20.7 Å². The van der Waals surface area contributed by atoms with E-state index in [1.807, 2.05) is 43.3 Å². The molecule has 8 nitrogen and oxygen atoms in total. The van der Waals surface area contributed by atoms with E-state index in [9.17, 15) is 14.0 Å². The largest absolute Gasteiger partial charge is 0.466 e. The monoisotopic (exact) mass is 501 g/mol. The molecule has 0 radical (unpaired) electrons. The van der Waals surface area contributed by atoms with Crippen molar-refractivity contribution in [3.8, 4) is 11.1 Å². The molecule has 3 aromatic rings. The second-order valence-corrected chi connectivity index (χ2v) is 8.93. The van der Waals surface area contributed by atoms with Crippen LogP contribution >= 0.6 is 11.6 Å². The Hall–Kier alpha value is -3.30. The van der Waals surface area contributed by atoms with E-state index in [0.29, 0.717) is 35.5 Å². The van der Waals surface area contributed by atoms with E-state index < -0.39 is 11.8 Å². The van der Waals surface area contributed by atoms with Crippen molar-refractivity contribution in [1.29, 1.82) is 0 Å². The van der Waals surface area contributed by atoms with Gasteiger partial charge in [-0.15, -0.1) is 0 Å². The summed E-state index contributed by atoms with van der Waals surface area (Å²) in [7, 11) is 3.76. The van der Waals surface area contributed by atoms with E-state index in [4.69, 9.17) is 16.3 Å². The van der Waals surface area contributed by atoms with Crippen LogP contribution in [0.25, 0.3) is 11.1 Å². The van der Waals surface area contributed by atoms with Crippen molar-refractivity contribution in [2.24, 2.45) is 5.92 Å². The number of aromatic amines is 1. The van der Waals surface area contributed by atoms with Crippen molar-refractivity contribution in [1.82, 2.24) is 25.6 Å². The third-order valence-electron chi connectivity index (χ3n) is 5.43. The van der Waals surface area contributed by atoms with Crippen molar-refractivity contribution in [3.05, 3.63) is 70.8 Å². The second kappa shape index (κ2) is 12.4. The van der Waals surface area contributed by atoms with Crippen molar-refractivity contribution in [2.45, 2.75) is 25.8 Å². The molecular weight excluding hydrogens is 473 g/mol. The molecule has 0 unspecified atom stereocenters. The van der Waals surface area contributed by atoms with E-state index >= 15 is 0 Å². The molecule has 1 amide bonds. The quantitative estimate of drug-likeness (QED) is 0.388. The van der Waals surface area contributed by atoms with Crippen LogP contribution in [-0.2, 0) is 16.0 Å². The van der Waals surface area contributed by atoms with Crippen LogP contribution in [0.1, 0.15) is 29.4 Å². The molecule has 2 aromatic carbocycles. The molecule has 0 saturated carbocycles. The lowest BCUT2D eigenvalue weighted by molar-refractivity contribution is -0.149. The number of benzene rings is 2. The predicted octanol–water partition coefficient (Wildman–Crippen LogP) is 3.74. The van der Waals surface area contributed by atoms with Gasteiger partial charge in [0.1, 0.15) is 5.82 Å². The molecular formula is C25H29ClFN5O3. The van der Waals surface area contributed by atoms with Crippen LogP contribution in [0.3, 0.4) is 0 Å². The zero-order chi connectivity index (χ0) is 25.4. The van der Waals surface area contributed by atoms with Gasteiger partial charge in [0, 0.05) is 23.2 Å². The summed E-state index contributed by atoms with van der Waals surface area (Å²) in [6, 6.07) is 11.4. The molecule has 1 heterocycles. The molecule has 0 bridgehead atoms. The van der Waals surface area contributed by atoms with Crippen molar-refractivity contribution in [2.75, 3.05) is 27.2 Å². The number of H-pyrrole nitrogens is 1. The average Bonchev–Trinajstić information content (AvgIpc) is 3.36. The smallest absolute Gasteiger partial charge is 0.310 e. The van der Waals surface area contributed by atoms with E-state index in [-0.39, 0.29) is 30.1 Å². The van der Waals surface area contributed by atoms with Gasteiger partial charge in [0.15, 0.2) is 5.69 Å². The highest BCUT2D eigenvalue weighted by Crippen LogP contribution is 2.27. The Kier molecular flexibility index (Phi) is 9.33. The van der Waals surface area contributed by atoms with Crippen LogP contribution in [0.4, 0.5) is 4.39 Å². The number of hydrogen-bond donors (Lipinski definition) is 2. The summed E-state index contributed by atoms with van der Waals surface area (Å²) in [5.74, 6) is -1.50. The molecule has 0 aliphatic carbocycles. The SMILES string of the molecule is CCOC(=O)[C@@H](C[C@@H](Cc1ccc(-c2cc(Cl)ccc2F)cc1)NC(=O)c1cn[nH]n1)CN(C)C. The highest BCUT2D eigenvalue weighted by Gasteiger charge is 2.27. The molecule has 0 aliphatic heterocycles. The molecule has 0 aliphatic rings. The maximum atomic E-state index is 14.3. The number of esters is 1. The minimum absolute atomic E-state index is 0.155. The molecule has 2 atom stereocenters. The standard InChI is InChI=1S/C25H29ClFN5O3/c1-4-35-25(34)18(15-32(2)3)12-20(29-24(33)23-14-28-31-30-23)11-16-5-7-17(8-6-16)21-13-19(26)9-10-22(21)27/h5-10,13-14,18,20H,4,11-12,15H2,1-3H3,(H,29,33)(H,28,30,31)/t18-,20+/m0/s1. The fraction of sp³-hybridized carbons (Fsp3) is 0.360. The van der Waals surface area contributed by atoms with Crippen LogP contribution in [0.2, 0.25) is 5.02 Å². The Morgan fingerprint density at radius 1 is 1.20 bits per heavy atom. The Balaban J connectivity index is 1.81. The van der Waals surface area contributed by atoms with Gasteiger partial charge in [0.2, 0.25) is 0 Å². The molecule has 0 saturated heterocycles. The third kappa shape index (κ3) is 7.60. The Labute approximate surface area is 208 Å². The first kappa shape index (κ1) is 26.3. The number of nitrogens with zero attached hydrogens (tertiary/aromatic N) is 3. The topological polar surface area (TPSA) is 100 Å². The minimum atomic E-state index is -0.438. The van der Waals surface area contributed by atoms with Crippen LogP contribution in [0.5, 0.6) is 0 Å². The zero-order valence-corrected chi connectivity index (χ0v) is 20.7. The number of ether oxygens (including phenoxy) is 1. The number of rotatable bonds is 11. The maximum Gasteiger partial charge on any atom is 0.310 e. The highest BCUT2D eigenvalue weighted by molar-refractivity contribution is 6.30. The van der Waals surface area contributed by atoms with E-state index in [1.165, 1.54) is 18.3 Å².